The Morgan fingerprint density at radius 1 is 0.963 bits per heavy atom. The number of hydrogen-bond donors (Lipinski definition) is 2. The number of hydrogen-bond acceptors (Lipinski definition) is 5. The van der Waals surface area contributed by atoms with Crippen LogP contribution in [-0.4, -0.2) is 25.1 Å². The molecule has 2 N–H and O–H groups in total. The summed E-state index contributed by atoms with van der Waals surface area (Å²) in [5.41, 5.74) is 2.88. The fourth-order valence-electron chi connectivity index (χ4n) is 2.63. The number of amides is 1. The number of rotatable bonds is 7. The maximum absolute atomic E-state index is 12.9. The van der Waals surface area contributed by atoms with Gasteiger partial charge in [0.2, 0.25) is 0 Å². The van der Waals surface area contributed by atoms with Crippen LogP contribution in [0.15, 0.2) is 67.0 Å². The molecule has 6 heteroatoms. The Balaban J connectivity index is 1.90. The highest BCUT2D eigenvalue weighted by atomic mass is 16.5. The van der Waals surface area contributed by atoms with Crippen molar-refractivity contribution in [1.82, 2.24) is 4.98 Å². The van der Waals surface area contributed by atoms with Gasteiger partial charge in [0, 0.05) is 30.7 Å². The van der Waals surface area contributed by atoms with Crippen molar-refractivity contribution < 1.29 is 14.3 Å². The minimum absolute atomic E-state index is 0.237. The first-order valence-electron chi connectivity index (χ1n) is 8.46. The van der Waals surface area contributed by atoms with Crippen LogP contribution in [0, 0.1) is 0 Å². The lowest BCUT2D eigenvalue weighted by Crippen LogP contribution is -2.15. The molecule has 0 aliphatic rings. The number of para-hydroxylation sites is 1. The third kappa shape index (κ3) is 4.55. The molecule has 1 heterocycles. The zero-order chi connectivity index (χ0) is 19.1. The summed E-state index contributed by atoms with van der Waals surface area (Å²) in [6.45, 7) is 0.545. The van der Waals surface area contributed by atoms with Crippen molar-refractivity contribution in [3.8, 4) is 11.5 Å². The van der Waals surface area contributed by atoms with Crippen molar-refractivity contribution in [3.63, 3.8) is 0 Å². The van der Waals surface area contributed by atoms with E-state index in [1.165, 1.54) is 0 Å². The highest BCUT2D eigenvalue weighted by Gasteiger charge is 2.17. The van der Waals surface area contributed by atoms with Crippen molar-refractivity contribution in [1.29, 1.82) is 0 Å². The molecule has 3 rings (SSSR count). The van der Waals surface area contributed by atoms with Gasteiger partial charge in [-0.05, 0) is 35.9 Å². The number of nitrogens with zero attached hydrogens (tertiary/aromatic N) is 1. The van der Waals surface area contributed by atoms with Crippen molar-refractivity contribution in [2.24, 2.45) is 0 Å². The molecule has 0 spiro atoms. The van der Waals surface area contributed by atoms with Crippen LogP contribution < -0.4 is 20.1 Å². The lowest BCUT2D eigenvalue weighted by molar-refractivity contribution is 0.102. The Bertz CT molecular complexity index is 899. The standard InChI is InChI=1S/C21H21N3O3/c1-26-19-12-17(21(25)24-16-6-4-3-5-7-16)18(13-20(19)27-2)23-14-15-8-10-22-11-9-15/h3-13,23H,14H2,1-2H3,(H,24,25). The van der Waals surface area contributed by atoms with Gasteiger partial charge in [-0.1, -0.05) is 18.2 Å². The highest BCUT2D eigenvalue weighted by molar-refractivity contribution is 6.08. The molecule has 1 aromatic heterocycles. The molecular weight excluding hydrogens is 342 g/mol. The molecule has 0 saturated heterocycles. The van der Waals surface area contributed by atoms with Gasteiger partial charge in [0.05, 0.1) is 25.5 Å². The third-order valence-corrected chi connectivity index (χ3v) is 4.03. The summed E-state index contributed by atoms with van der Waals surface area (Å²) in [4.78, 5) is 16.9. The van der Waals surface area contributed by atoms with Crippen LogP contribution in [0.1, 0.15) is 15.9 Å². The number of carbonyl (C=O) groups is 1. The van der Waals surface area contributed by atoms with Crippen LogP contribution in [0.5, 0.6) is 11.5 Å². The van der Waals surface area contributed by atoms with Gasteiger partial charge in [-0.2, -0.15) is 0 Å². The van der Waals surface area contributed by atoms with E-state index in [4.69, 9.17) is 9.47 Å². The molecule has 0 unspecified atom stereocenters. The van der Waals surface area contributed by atoms with E-state index in [2.05, 4.69) is 15.6 Å². The number of methoxy groups -OCH3 is 2. The third-order valence-electron chi connectivity index (χ3n) is 4.03. The van der Waals surface area contributed by atoms with Gasteiger partial charge in [0.15, 0.2) is 11.5 Å². The monoisotopic (exact) mass is 363 g/mol. The fourth-order valence-corrected chi connectivity index (χ4v) is 2.63. The maximum atomic E-state index is 12.9. The van der Waals surface area contributed by atoms with Crippen molar-refractivity contribution in [2.45, 2.75) is 6.54 Å². The first-order valence-corrected chi connectivity index (χ1v) is 8.46. The van der Waals surface area contributed by atoms with Crippen LogP contribution in [0.4, 0.5) is 11.4 Å². The van der Waals surface area contributed by atoms with Gasteiger partial charge < -0.3 is 20.1 Å². The lowest BCUT2D eigenvalue weighted by Gasteiger charge is -2.16. The Kier molecular flexibility index (Phi) is 5.89. The predicted molar refractivity (Wildman–Crippen MR) is 106 cm³/mol. The number of anilines is 2. The van der Waals surface area contributed by atoms with Crippen LogP contribution in [-0.2, 0) is 6.54 Å². The van der Waals surface area contributed by atoms with E-state index < -0.39 is 0 Å². The van der Waals surface area contributed by atoms with Gasteiger partial charge in [0.1, 0.15) is 0 Å². The molecule has 0 fully saturated rings. The summed E-state index contributed by atoms with van der Waals surface area (Å²) in [6.07, 6.45) is 3.46. The van der Waals surface area contributed by atoms with E-state index in [-0.39, 0.29) is 5.91 Å². The Morgan fingerprint density at radius 3 is 2.30 bits per heavy atom. The Hall–Kier alpha value is -3.54. The van der Waals surface area contributed by atoms with E-state index in [1.807, 2.05) is 42.5 Å². The fraction of sp³-hybridized carbons (Fsp3) is 0.143. The molecule has 0 aliphatic carbocycles. The molecule has 0 atom stereocenters. The summed E-state index contributed by atoms with van der Waals surface area (Å²) < 4.78 is 10.7. The van der Waals surface area contributed by atoms with Crippen LogP contribution >= 0.6 is 0 Å². The van der Waals surface area contributed by atoms with Gasteiger partial charge in [-0.15, -0.1) is 0 Å². The van der Waals surface area contributed by atoms with E-state index in [0.29, 0.717) is 29.3 Å². The average molecular weight is 363 g/mol. The second-order valence-corrected chi connectivity index (χ2v) is 5.78. The minimum Gasteiger partial charge on any atom is -0.493 e. The smallest absolute Gasteiger partial charge is 0.257 e. The molecule has 27 heavy (non-hydrogen) atoms. The molecular formula is C21H21N3O3. The molecule has 138 valence electrons. The Morgan fingerprint density at radius 2 is 1.63 bits per heavy atom. The highest BCUT2D eigenvalue weighted by Crippen LogP contribution is 2.34. The van der Waals surface area contributed by atoms with Gasteiger partial charge in [-0.25, -0.2) is 0 Å². The van der Waals surface area contributed by atoms with Crippen LogP contribution in [0.25, 0.3) is 0 Å². The summed E-state index contributed by atoms with van der Waals surface area (Å²) in [5.74, 6) is 0.801. The second kappa shape index (κ2) is 8.71. The van der Waals surface area contributed by atoms with Gasteiger partial charge in [0.25, 0.3) is 5.91 Å². The molecule has 6 nitrogen and oxygen atoms in total. The summed E-state index contributed by atoms with van der Waals surface area (Å²) in [7, 11) is 3.11. The van der Waals surface area contributed by atoms with Gasteiger partial charge >= 0.3 is 0 Å². The quantitative estimate of drug-likeness (QED) is 0.665. The van der Waals surface area contributed by atoms with Crippen molar-refractivity contribution >= 4 is 17.3 Å². The molecule has 0 saturated carbocycles. The summed E-state index contributed by atoms with van der Waals surface area (Å²) in [6, 6.07) is 16.6. The normalized spacial score (nSPS) is 10.1. The largest absolute Gasteiger partial charge is 0.493 e. The number of pyridine rings is 1. The number of ether oxygens (including phenoxy) is 2. The number of nitrogens with one attached hydrogen (secondary N) is 2. The van der Waals surface area contributed by atoms with Crippen molar-refractivity contribution in [3.05, 3.63) is 78.1 Å². The number of aromatic nitrogens is 1. The van der Waals surface area contributed by atoms with E-state index in [9.17, 15) is 4.79 Å². The minimum atomic E-state index is -0.237. The maximum Gasteiger partial charge on any atom is 0.257 e. The first-order chi connectivity index (χ1) is 13.2. The van der Waals surface area contributed by atoms with Crippen LogP contribution in [0.3, 0.4) is 0 Å². The summed E-state index contributed by atoms with van der Waals surface area (Å²) >= 11 is 0. The number of carbonyl (C=O) groups excluding carboxylic acids is 1. The number of benzene rings is 2. The second-order valence-electron chi connectivity index (χ2n) is 5.78. The summed E-state index contributed by atoms with van der Waals surface area (Å²) in [5, 5.41) is 6.20. The molecule has 0 radical (unpaired) electrons. The topological polar surface area (TPSA) is 72.5 Å². The molecule has 1 amide bonds. The van der Waals surface area contributed by atoms with Crippen LogP contribution in [0.2, 0.25) is 0 Å². The molecule has 3 aromatic rings. The van der Waals surface area contributed by atoms with E-state index in [1.54, 1.807) is 38.7 Å². The molecule has 0 aliphatic heterocycles. The lowest BCUT2D eigenvalue weighted by atomic mass is 10.1. The first kappa shape index (κ1) is 18.3. The average Bonchev–Trinajstić information content (AvgIpc) is 2.73. The van der Waals surface area contributed by atoms with Crippen molar-refractivity contribution in [2.75, 3.05) is 24.9 Å². The predicted octanol–water partition coefficient (Wildman–Crippen LogP) is 3.96. The SMILES string of the molecule is COc1cc(NCc2ccncc2)c(C(=O)Nc2ccccc2)cc1OC. The zero-order valence-electron chi connectivity index (χ0n) is 15.2. The molecule has 2 aromatic carbocycles. The van der Waals surface area contributed by atoms with E-state index in [0.717, 1.165) is 11.3 Å². The van der Waals surface area contributed by atoms with E-state index >= 15 is 0 Å². The Labute approximate surface area is 158 Å². The zero-order valence-corrected chi connectivity index (χ0v) is 15.2. The molecule has 0 bridgehead atoms. The van der Waals surface area contributed by atoms with Gasteiger partial charge in [-0.3, -0.25) is 9.78 Å².